The van der Waals surface area contributed by atoms with Crippen molar-refractivity contribution in [3.8, 4) is 0 Å². The van der Waals surface area contributed by atoms with E-state index < -0.39 is 0 Å². The van der Waals surface area contributed by atoms with E-state index in [1.165, 1.54) is 30.9 Å². The molecule has 0 spiro atoms. The highest BCUT2D eigenvalue weighted by atomic mass is 16.2. The molecule has 0 aliphatic carbocycles. The van der Waals surface area contributed by atoms with Crippen LogP contribution in [0.25, 0.3) is 11.2 Å². The summed E-state index contributed by atoms with van der Waals surface area (Å²) in [6.07, 6.45) is 3.76. The maximum atomic E-state index is 13.0. The van der Waals surface area contributed by atoms with E-state index in [9.17, 15) is 9.59 Å². The molecule has 0 bridgehead atoms. The molecule has 0 N–H and O–H groups in total. The molecule has 0 atom stereocenters. The number of fused-ring (bicyclic) bond motifs is 3. The minimum absolute atomic E-state index is 0.331. The number of nitrogens with zero attached hydrogens (tertiary/aromatic N) is 7. The van der Waals surface area contributed by atoms with Gasteiger partial charge in [-0.2, -0.15) is 10.1 Å². The van der Waals surface area contributed by atoms with E-state index >= 15 is 0 Å². The van der Waals surface area contributed by atoms with Crippen molar-refractivity contribution >= 4 is 22.8 Å². The zero-order chi connectivity index (χ0) is 21.5. The average molecular weight is 422 g/mol. The second kappa shape index (κ2) is 7.81. The van der Waals surface area contributed by atoms with Crippen molar-refractivity contribution < 1.29 is 0 Å². The first-order valence-electron chi connectivity index (χ1n) is 10.8. The summed E-state index contributed by atoms with van der Waals surface area (Å²) >= 11 is 0. The molecule has 2 aliphatic rings. The molecule has 0 radical (unpaired) electrons. The summed E-state index contributed by atoms with van der Waals surface area (Å²) in [6.45, 7) is 4.20. The van der Waals surface area contributed by atoms with E-state index in [1.807, 2.05) is 39.9 Å². The van der Waals surface area contributed by atoms with Crippen LogP contribution in [-0.4, -0.2) is 55.5 Å². The second-order valence-corrected chi connectivity index (χ2v) is 8.31. The van der Waals surface area contributed by atoms with Gasteiger partial charge in [-0.25, -0.2) is 9.80 Å². The molecule has 0 amide bonds. The predicted molar refractivity (Wildman–Crippen MR) is 121 cm³/mol. The molecule has 5 rings (SSSR count). The third kappa shape index (κ3) is 3.38. The number of piperidine rings is 1. The Morgan fingerprint density at radius 3 is 2.42 bits per heavy atom. The zero-order valence-corrected chi connectivity index (χ0v) is 18.0. The normalized spacial score (nSPS) is 17.1. The van der Waals surface area contributed by atoms with E-state index in [4.69, 9.17) is 10.1 Å². The van der Waals surface area contributed by atoms with Crippen molar-refractivity contribution in [1.29, 1.82) is 0 Å². The fourth-order valence-electron chi connectivity index (χ4n) is 4.50. The summed E-state index contributed by atoms with van der Waals surface area (Å²) in [4.78, 5) is 32.6. The Balaban J connectivity index is 1.61. The molecular weight excluding hydrogens is 394 g/mol. The number of likely N-dealkylation sites (tertiary alicyclic amines) is 1. The monoisotopic (exact) mass is 421 g/mol. The Morgan fingerprint density at radius 2 is 1.68 bits per heavy atom. The van der Waals surface area contributed by atoms with Gasteiger partial charge >= 0.3 is 5.69 Å². The minimum atomic E-state index is -0.378. The standard InChI is InChI=1S/C22H27N7O2/c1-25-19-18(20(30)26(2)22(25)31)28-15-17(16-9-5-3-6-10-16)24-29(21(28)23-19)14-13-27-11-7-4-8-12-27/h3,5-6,9-10H,4,7-8,11-15H2,1-2H3. The van der Waals surface area contributed by atoms with Crippen LogP contribution in [-0.2, 0) is 20.6 Å². The molecule has 1 aromatic carbocycles. The van der Waals surface area contributed by atoms with Gasteiger partial charge in [0.05, 0.1) is 18.8 Å². The predicted octanol–water partition coefficient (Wildman–Crippen LogP) is 1.14. The summed E-state index contributed by atoms with van der Waals surface area (Å²) in [5.74, 6) is 0.616. The van der Waals surface area contributed by atoms with Gasteiger partial charge in [0.15, 0.2) is 11.2 Å². The molecular formula is C22H27N7O2. The van der Waals surface area contributed by atoms with E-state index in [0.717, 1.165) is 35.5 Å². The highest BCUT2D eigenvalue weighted by Crippen LogP contribution is 2.25. The summed E-state index contributed by atoms with van der Waals surface area (Å²) in [5.41, 5.74) is 2.02. The lowest BCUT2D eigenvalue weighted by molar-refractivity contribution is 0.233. The number of anilines is 1. The van der Waals surface area contributed by atoms with Crippen LogP contribution in [0.3, 0.4) is 0 Å². The topological polar surface area (TPSA) is 80.7 Å². The number of benzene rings is 1. The second-order valence-electron chi connectivity index (χ2n) is 8.31. The average Bonchev–Trinajstić information content (AvgIpc) is 3.21. The van der Waals surface area contributed by atoms with Crippen molar-refractivity contribution in [3.63, 3.8) is 0 Å². The van der Waals surface area contributed by atoms with E-state index in [-0.39, 0.29) is 11.2 Å². The summed E-state index contributed by atoms with van der Waals surface area (Å²) < 4.78 is 4.49. The van der Waals surface area contributed by atoms with Crippen LogP contribution in [0.4, 0.5) is 5.95 Å². The van der Waals surface area contributed by atoms with Gasteiger partial charge < -0.3 is 4.90 Å². The van der Waals surface area contributed by atoms with Crippen molar-refractivity contribution in [2.45, 2.75) is 25.8 Å². The fraction of sp³-hybridized carbons (Fsp3) is 0.455. The van der Waals surface area contributed by atoms with E-state index in [0.29, 0.717) is 30.2 Å². The lowest BCUT2D eigenvalue weighted by atomic mass is 10.1. The van der Waals surface area contributed by atoms with Crippen LogP contribution in [0, 0.1) is 0 Å². The van der Waals surface area contributed by atoms with Crippen molar-refractivity contribution in [3.05, 3.63) is 56.7 Å². The SMILES string of the molecule is Cn1c(=O)c2c(nc3n2CC(c2ccccc2)=NN3CCN2CCCCC2)n(C)c1=O. The zero-order valence-electron chi connectivity index (χ0n) is 18.0. The first-order chi connectivity index (χ1) is 15.0. The molecule has 1 fully saturated rings. The van der Waals surface area contributed by atoms with E-state index in [1.54, 1.807) is 7.05 Å². The van der Waals surface area contributed by atoms with Gasteiger partial charge in [0.1, 0.15) is 0 Å². The van der Waals surface area contributed by atoms with Gasteiger partial charge in [0.25, 0.3) is 5.56 Å². The van der Waals surface area contributed by atoms with Gasteiger partial charge in [-0.15, -0.1) is 0 Å². The van der Waals surface area contributed by atoms with Gasteiger partial charge in [0.2, 0.25) is 5.95 Å². The van der Waals surface area contributed by atoms with Gasteiger partial charge in [-0.05, 0) is 31.5 Å². The van der Waals surface area contributed by atoms with Crippen molar-refractivity contribution in [2.24, 2.45) is 19.2 Å². The third-order valence-electron chi connectivity index (χ3n) is 6.29. The lowest BCUT2D eigenvalue weighted by Crippen LogP contribution is -2.40. The molecule has 3 aromatic rings. The quantitative estimate of drug-likeness (QED) is 0.631. The fourth-order valence-corrected chi connectivity index (χ4v) is 4.50. The van der Waals surface area contributed by atoms with Crippen molar-refractivity contribution in [1.82, 2.24) is 23.6 Å². The van der Waals surface area contributed by atoms with Gasteiger partial charge in [-0.1, -0.05) is 36.8 Å². The first-order valence-corrected chi connectivity index (χ1v) is 10.8. The summed E-state index contributed by atoms with van der Waals surface area (Å²) in [5, 5.41) is 6.81. The third-order valence-corrected chi connectivity index (χ3v) is 6.29. The Kier molecular flexibility index (Phi) is 4.97. The van der Waals surface area contributed by atoms with Crippen LogP contribution in [0.5, 0.6) is 0 Å². The molecule has 1 saturated heterocycles. The highest BCUT2D eigenvalue weighted by molar-refractivity contribution is 6.02. The maximum absolute atomic E-state index is 13.0. The molecule has 9 nitrogen and oxygen atoms in total. The molecule has 0 saturated carbocycles. The lowest BCUT2D eigenvalue weighted by Gasteiger charge is -2.30. The Hall–Kier alpha value is -3.20. The molecule has 2 aliphatic heterocycles. The van der Waals surface area contributed by atoms with Crippen LogP contribution < -0.4 is 16.3 Å². The summed E-state index contributed by atoms with van der Waals surface area (Å²) in [7, 11) is 3.16. The maximum Gasteiger partial charge on any atom is 0.332 e. The molecule has 0 unspecified atom stereocenters. The molecule has 4 heterocycles. The highest BCUT2D eigenvalue weighted by Gasteiger charge is 2.28. The summed E-state index contributed by atoms with van der Waals surface area (Å²) in [6, 6.07) is 10.0. The van der Waals surface area contributed by atoms with Crippen LogP contribution in [0.1, 0.15) is 24.8 Å². The van der Waals surface area contributed by atoms with Gasteiger partial charge in [-0.3, -0.25) is 18.5 Å². The first kappa shape index (κ1) is 19.7. The number of hydrogen-bond acceptors (Lipinski definition) is 6. The molecule has 9 heteroatoms. The number of aromatic nitrogens is 4. The number of hydrogen-bond donors (Lipinski definition) is 0. The number of rotatable bonds is 4. The Labute approximate surface area is 179 Å². The number of hydrazone groups is 1. The van der Waals surface area contributed by atoms with Gasteiger partial charge in [0, 0.05) is 20.6 Å². The molecule has 31 heavy (non-hydrogen) atoms. The van der Waals surface area contributed by atoms with Crippen LogP contribution in [0.2, 0.25) is 0 Å². The number of imidazole rings is 1. The number of aryl methyl sites for hydroxylation is 1. The van der Waals surface area contributed by atoms with Crippen LogP contribution in [0.15, 0.2) is 45.0 Å². The molecule has 162 valence electrons. The van der Waals surface area contributed by atoms with Crippen LogP contribution >= 0.6 is 0 Å². The smallest absolute Gasteiger partial charge is 0.301 e. The van der Waals surface area contributed by atoms with Crippen molar-refractivity contribution in [2.75, 3.05) is 31.2 Å². The minimum Gasteiger partial charge on any atom is -0.301 e. The van der Waals surface area contributed by atoms with E-state index in [2.05, 4.69) is 4.90 Å². The Bertz CT molecular complexity index is 1260. The molecule has 2 aromatic heterocycles. The largest absolute Gasteiger partial charge is 0.332 e. The Morgan fingerprint density at radius 1 is 0.935 bits per heavy atom.